The van der Waals surface area contributed by atoms with Gasteiger partial charge in [-0.3, -0.25) is 4.79 Å². The number of sulfonamides is 1. The maximum absolute atomic E-state index is 12.3. The largest absolute Gasteiger partial charge is 0.326 e. The molecule has 0 bridgehead atoms. The van der Waals surface area contributed by atoms with Gasteiger partial charge in [0.25, 0.3) is 0 Å². The van der Waals surface area contributed by atoms with Gasteiger partial charge in [-0.05, 0) is 58.4 Å². The zero-order chi connectivity index (χ0) is 17.7. The number of hydrogen-bond acceptors (Lipinski definition) is 3. The van der Waals surface area contributed by atoms with Crippen molar-refractivity contribution in [3.63, 3.8) is 0 Å². The van der Waals surface area contributed by atoms with Crippen molar-refractivity contribution >= 4 is 65.1 Å². The monoisotopic (exact) mass is 494 g/mol. The van der Waals surface area contributed by atoms with Crippen LogP contribution in [0.1, 0.15) is 6.42 Å². The van der Waals surface area contributed by atoms with Gasteiger partial charge in [0, 0.05) is 32.6 Å². The maximum atomic E-state index is 12.3. The number of hydrogen-bond donors (Lipinski definition) is 2. The average molecular weight is 497 g/mol. The summed E-state index contributed by atoms with van der Waals surface area (Å²) in [5.74, 6) is -0.298. The van der Waals surface area contributed by atoms with Crippen LogP contribution in [0, 0.1) is 0 Å². The summed E-state index contributed by atoms with van der Waals surface area (Å²) in [5, 5.41) is 3.24. The van der Waals surface area contributed by atoms with Gasteiger partial charge in [-0.2, -0.15) is 0 Å². The van der Waals surface area contributed by atoms with Gasteiger partial charge in [-0.15, -0.1) is 0 Å². The molecule has 2 rings (SSSR count). The lowest BCUT2D eigenvalue weighted by molar-refractivity contribution is -0.116. The summed E-state index contributed by atoms with van der Waals surface area (Å²) in [6.07, 6.45) is 0.00742. The molecule has 2 aromatic carbocycles. The Bertz CT molecular complexity index is 842. The predicted octanol–water partition coefficient (Wildman–Crippen LogP) is 4.17. The molecule has 0 saturated heterocycles. The minimum atomic E-state index is -3.71. The second-order valence-electron chi connectivity index (χ2n) is 4.78. The SMILES string of the molecule is O=C(CCNS(=O)(=O)c1cc(Br)ccc1Br)Nc1ccc(Cl)cc1. The van der Waals surface area contributed by atoms with Crippen LogP contribution >= 0.6 is 43.5 Å². The Morgan fingerprint density at radius 3 is 2.42 bits per heavy atom. The molecule has 0 aliphatic heterocycles. The number of halogens is 3. The Hall–Kier alpha value is -0.930. The molecule has 5 nitrogen and oxygen atoms in total. The van der Waals surface area contributed by atoms with Gasteiger partial charge >= 0.3 is 0 Å². The van der Waals surface area contributed by atoms with Crippen molar-refractivity contribution in [3.05, 3.63) is 56.4 Å². The van der Waals surface area contributed by atoms with E-state index in [1.54, 1.807) is 36.4 Å². The highest BCUT2D eigenvalue weighted by molar-refractivity contribution is 9.11. The zero-order valence-electron chi connectivity index (χ0n) is 12.2. The molecule has 0 aliphatic rings. The molecule has 0 unspecified atom stereocenters. The molecule has 0 heterocycles. The van der Waals surface area contributed by atoms with E-state index in [1.807, 2.05) is 0 Å². The van der Waals surface area contributed by atoms with Crippen molar-refractivity contribution in [2.75, 3.05) is 11.9 Å². The van der Waals surface area contributed by atoms with E-state index >= 15 is 0 Å². The summed E-state index contributed by atoms with van der Waals surface area (Å²) >= 11 is 12.2. The molecule has 2 N–H and O–H groups in total. The van der Waals surface area contributed by atoms with Crippen LogP contribution in [0.15, 0.2) is 56.3 Å². The van der Waals surface area contributed by atoms with Crippen molar-refractivity contribution in [2.24, 2.45) is 0 Å². The lowest BCUT2D eigenvalue weighted by Crippen LogP contribution is -2.28. The number of amides is 1. The van der Waals surface area contributed by atoms with Gasteiger partial charge in [-0.1, -0.05) is 27.5 Å². The van der Waals surface area contributed by atoms with E-state index in [-0.39, 0.29) is 23.8 Å². The van der Waals surface area contributed by atoms with E-state index in [0.29, 0.717) is 19.7 Å². The van der Waals surface area contributed by atoms with E-state index in [9.17, 15) is 13.2 Å². The van der Waals surface area contributed by atoms with E-state index in [4.69, 9.17) is 11.6 Å². The average Bonchev–Trinajstić information content (AvgIpc) is 2.51. The lowest BCUT2D eigenvalue weighted by atomic mass is 10.3. The molecule has 9 heteroatoms. The first-order valence-corrected chi connectivity index (χ1v) is 10.2. The molecule has 0 atom stereocenters. The van der Waals surface area contributed by atoms with Crippen LogP contribution in [0.3, 0.4) is 0 Å². The summed E-state index contributed by atoms with van der Waals surface area (Å²) in [5.41, 5.74) is 0.599. The normalized spacial score (nSPS) is 11.3. The minimum Gasteiger partial charge on any atom is -0.326 e. The Balaban J connectivity index is 1.91. The smallest absolute Gasteiger partial charge is 0.241 e. The molecule has 24 heavy (non-hydrogen) atoms. The molecular weight excluding hydrogens is 484 g/mol. The molecule has 2 aromatic rings. The zero-order valence-corrected chi connectivity index (χ0v) is 17.0. The molecule has 128 valence electrons. The second-order valence-corrected chi connectivity index (χ2v) is 8.72. The molecule has 0 saturated carbocycles. The predicted molar refractivity (Wildman–Crippen MR) is 102 cm³/mol. The highest BCUT2D eigenvalue weighted by Crippen LogP contribution is 2.25. The molecule has 0 spiro atoms. The third kappa shape index (κ3) is 5.56. The molecule has 0 fully saturated rings. The Labute approximate surface area is 162 Å². The van der Waals surface area contributed by atoms with Crippen LogP contribution in [0.5, 0.6) is 0 Å². The maximum Gasteiger partial charge on any atom is 0.241 e. The fraction of sp³-hybridized carbons (Fsp3) is 0.133. The van der Waals surface area contributed by atoms with Gasteiger partial charge in [-0.25, -0.2) is 13.1 Å². The van der Waals surface area contributed by atoms with Crippen LogP contribution in [0.4, 0.5) is 5.69 Å². The topological polar surface area (TPSA) is 75.3 Å². The fourth-order valence-corrected chi connectivity index (χ4v) is 4.47. The summed E-state index contributed by atoms with van der Waals surface area (Å²) in [6.45, 7) is -0.0132. The summed E-state index contributed by atoms with van der Waals surface area (Å²) in [6, 6.07) is 11.5. The highest BCUT2D eigenvalue weighted by Gasteiger charge is 2.18. The van der Waals surface area contributed by atoms with E-state index < -0.39 is 10.0 Å². The van der Waals surface area contributed by atoms with Crippen molar-refractivity contribution in [3.8, 4) is 0 Å². The first-order chi connectivity index (χ1) is 11.3. The van der Waals surface area contributed by atoms with Crippen LogP contribution < -0.4 is 10.0 Å². The molecule has 0 radical (unpaired) electrons. The van der Waals surface area contributed by atoms with Gasteiger partial charge in [0.05, 0.1) is 4.90 Å². The third-order valence-electron chi connectivity index (χ3n) is 2.95. The van der Waals surface area contributed by atoms with E-state index in [1.165, 1.54) is 6.07 Å². The number of rotatable bonds is 6. The number of nitrogens with one attached hydrogen (secondary N) is 2. The lowest BCUT2D eigenvalue weighted by Gasteiger charge is -2.09. The van der Waals surface area contributed by atoms with Crippen molar-refractivity contribution in [2.45, 2.75) is 11.3 Å². The van der Waals surface area contributed by atoms with Crippen molar-refractivity contribution in [1.82, 2.24) is 4.72 Å². The minimum absolute atomic E-state index is 0.00742. The van der Waals surface area contributed by atoms with Gasteiger partial charge in [0.15, 0.2) is 0 Å². The van der Waals surface area contributed by atoms with Crippen LogP contribution in [-0.4, -0.2) is 20.9 Å². The second kappa shape index (κ2) is 8.44. The standard InChI is InChI=1S/C15H13Br2ClN2O3S/c16-10-1-6-13(17)14(9-10)24(22,23)19-8-7-15(21)20-12-4-2-11(18)3-5-12/h1-6,9,19H,7-8H2,(H,20,21). The van der Waals surface area contributed by atoms with E-state index in [0.717, 1.165) is 0 Å². The number of carbonyl (C=O) groups is 1. The highest BCUT2D eigenvalue weighted by atomic mass is 79.9. The van der Waals surface area contributed by atoms with Gasteiger partial charge in [0.2, 0.25) is 15.9 Å². The van der Waals surface area contributed by atoms with Crippen LogP contribution in [0.25, 0.3) is 0 Å². The van der Waals surface area contributed by atoms with Crippen LogP contribution in [-0.2, 0) is 14.8 Å². The molecule has 0 aliphatic carbocycles. The quantitative estimate of drug-likeness (QED) is 0.630. The first kappa shape index (κ1) is 19.4. The summed E-state index contributed by atoms with van der Waals surface area (Å²) in [4.78, 5) is 12.0. The Kier molecular flexibility index (Phi) is 6.82. The molecular formula is C15H13Br2ClN2O3S. The molecule has 0 aromatic heterocycles. The molecule has 1 amide bonds. The van der Waals surface area contributed by atoms with Crippen molar-refractivity contribution < 1.29 is 13.2 Å². The number of benzene rings is 2. The third-order valence-corrected chi connectivity index (χ3v) is 6.16. The Morgan fingerprint density at radius 2 is 1.75 bits per heavy atom. The number of carbonyl (C=O) groups excluding carboxylic acids is 1. The van der Waals surface area contributed by atoms with Gasteiger partial charge < -0.3 is 5.32 Å². The fourth-order valence-electron chi connectivity index (χ4n) is 1.82. The van der Waals surface area contributed by atoms with Crippen LogP contribution in [0.2, 0.25) is 5.02 Å². The van der Waals surface area contributed by atoms with E-state index in [2.05, 4.69) is 41.9 Å². The summed E-state index contributed by atoms with van der Waals surface area (Å²) in [7, 11) is -3.71. The Morgan fingerprint density at radius 1 is 1.08 bits per heavy atom. The van der Waals surface area contributed by atoms with Crippen molar-refractivity contribution in [1.29, 1.82) is 0 Å². The number of anilines is 1. The van der Waals surface area contributed by atoms with Gasteiger partial charge in [0.1, 0.15) is 0 Å². The summed E-state index contributed by atoms with van der Waals surface area (Å²) < 4.78 is 28.0. The first-order valence-electron chi connectivity index (χ1n) is 6.78.